The molecular formula is C20H19N5O. The van der Waals surface area contributed by atoms with Gasteiger partial charge in [-0.25, -0.2) is 0 Å². The molecule has 4 rings (SSSR count). The van der Waals surface area contributed by atoms with Gasteiger partial charge >= 0.3 is 0 Å². The molecule has 6 heteroatoms. The highest BCUT2D eigenvalue weighted by atomic mass is 16.1. The molecule has 0 saturated carbocycles. The zero-order chi connectivity index (χ0) is 18.1. The van der Waals surface area contributed by atoms with Gasteiger partial charge in [0.1, 0.15) is 5.82 Å². The Morgan fingerprint density at radius 1 is 1.08 bits per heavy atom. The fourth-order valence-corrected chi connectivity index (χ4v) is 3.16. The van der Waals surface area contributed by atoms with Gasteiger partial charge in [-0.3, -0.25) is 14.4 Å². The molecule has 0 saturated heterocycles. The van der Waals surface area contributed by atoms with Crippen molar-refractivity contribution in [1.82, 2.24) is 20.1 Å². The van der Waals surface area contributed by atoms with E-state index in [1.165, 1.54) is 0 Å². The predicted octanol–water partition coefficient (Wildman–Crippen LogP) is 2.95. The van der Waals surface area contributed by atoms with Crippen LogP contribution in [0, 0.1) is 6.92 Å². The van der Waals surface area contributed by atoms with E-state index in [4.69, 9.17) is 4.99 Å². The van der Waals surface area contributed by atoms with Gasteiger partial charge in [0.2, 0.25) is 5.91 Å². The molecular weight excluding hydrogens is 326 g/mol. The lowest BCUT2D eigenvalue weighted by Gasteiger charge is -2.13. The zero-order valence-corrected chi connectivity index (χ0v) is 14.7. The summed E-state index contributed by atoms with van der Waals surface area (Å²) in [5, 5.41) is 11.5. The molecule has 1 amide bonds. The molecule has 1 N–H and O–H groups in total. The number of hydrogen-bond donors (Lipinski definition) is 1. The van der Waals surface area contributed by atoms with Crippen LogP contribution in [-0.4, -0.2) is 26.4 Å². The number of nitrogens with zero attached hydrogens (tertiary/aromatic N) is 4. The minimum Gasteiger partial charge on any atom is -0.328 e. The number of para-hydroxylation sites is 1. The van der Waals surface area contributed by atoms with E-state index in [1.54, 1.807) is 0 Å². The molecule has 1 aliphatic heterocycles. The highest BCUT2D eigenvalue weighted by Gasteiger charge is 2.28. The third kappa shape index (κ3) is 2.69. The lowest BCUT2D eigenvalue weighted by molar-refractivity contribution is -0.121. The first kappa shape index (κ1) is 16.2. The molecule has 0 bridgehead atoms. The summed E-state index contributed by atoms with van der Waals surface area (Å²) in [6.07, 6.45) is -0.210. The summed E-state index contributed by atoms with van der Waals surface area (Å²) in [4.78, 5) is 17.0. The average molecular weight is 345 g/mol. The predicted molar refractivity (Wildman–Crippen MR) is 99.4 cm³/mol. The lowest BCUT2D eigenvalue weighted by Crippen LogP contribution is -2.28. The molecule has 3 aromatic rings. The summed E-state index contributed by atoms with van der Waals surface area (Å²) in [5.74, 6) is 1.29. The van der Waals surface area contributed by atoms with E-state index < -0.39 is 6.17 Å². The first-order valence-corrected chi connectivity index (χ1v) is 8.63. The van der Waals surface area contributed by atoms with Gasteiger partial charge in [0.05, 0.1) is 11.4 Å². The first-order valence-electron chi connectivity index (χ1n) is 8.63. The van der Waals surface area contributed by atoms with Crippen LogP contribution in [0.2, 0.25) is 0 Å². The number of amides is 1. The number of nitrogens with one attached hydrogen (secondary N) is 1. The van der Waals surface area contributed by atoms with Crippen molar-refractivity contribution >= 4 is 11.6 Å². The molecule has 2 heterocycles. The highest BCUT2D eigenvalue weighted by molar-refractivity contribution is 6.15. The largest absolute Gasteiger partial charge is 0.328 e. The quantitative estimate of drug-likeness (QED) is 0.793. The van der Waals surface area contributed by atoms with Crippen molar-refractivity contribution in [2.24, 2.45) is 4.99 Å². The topological polar surface area (TPSA) is 72.2 Å². The van der Waals surface area contributed by atoms with E-state index in [0.29, 0.717) is 12.2 Å². The maximum absolute atomic E-state index is 12.1. The number of aliphatic imine (C=N–C) groups is 1. The minimum absolute atomic E-state index is 0.0793. The number of carbonyl (C=O) groups is 1. The number of aromatic nitrogens is 3. The Bertz CT molecular complexity index is 990. The van der Waals surface area contributed by atoms with E-state index in [2.05, 4.69) is 15.5 Å². The monoisotopic (exact) mass is 345 g/mol. The summed E-state index contributed by atoms with van der Waals surface area (Å²) < 4.78 is 1.97. The number of aryl methyl sites for hydroxylation is 1. The fraction of sp³-hybridized carbons (Fsp3) is 0.200. The lowest BCUT2D eigenvalue weighted by atomic mass is 10.0. The molecule has 26 heavy (non-hydrogen) atoms. The van der Waals surface area contributed by atoms with Gasteiger partial charge in [0.15, 0.2) is 12.0 Å². The van der Waals surface area contributed by atoms with Crippen molar-refractivity contribution in [3.8, 4) is 5.69 Å². The molecule has 0 aliphatic carbocycles. The molecule has 130 valence electrons. The third-order valence-corrected chi connectivity index (χ3v) is 4.42. The number of benzene rings is 2. The molecule has 0 fully saturated rings. The first-order chi connectivity index (χ1) is 12.7. The molecule has 0 spiro atoms. The van der Waals surface area contributed by atoms with E-state index >= 15 is 0 Å². The van der Waals surface area contributed by atoms with Gasteiger partial charge in [-0.05, 0) is 13.0 Å². The van der Waals surface area contributed by atoms with E-state index in [-0.39, 0.29) is 5.91 Å². The van der Waals surface area contributed by atoms with Crippen LogP contribution in [0.5, 0.6) is 0 Å². The Balaban J connectivity index is 1.98. The Kier molecular flexibility index (Phi) is 4.08. The van der Waals surface area contributed by atoms with Crippen LogP contribution >= 0.6 is 0 Å². The Morgan fingerprint density at radius 3 is 2.58 bits per heavy atom. The van der Waals surface area contributed by atoms with Crippen LogP contribution < -0.4 is 5.32 Å². The number of hydrogen-bond acceptors (Lipinski definition) is 4. The van der Waals surface area contributed by atoms with Gasteiger partial charge in [0.25, 0.3) is 0 Å². The van der Waals surface area contributed by atoms with Gasteiger partial charge in [-0.1, -0.05) is 55.5 Å². The van der Waals surface area contributed by atoms with Crippen molar-refractivity contribution in [2.75, 3.05) is 0 Å². The standard InChI is InChI=1S/C20H19N5O/c1-3-17(26)21-19-20-24-23-13(2)25(20)16-12-8-7-11-15(16)18(22-19)14-9-5-4-6-10-14/h4-12,19H,3H2,1-2H3,(H,21,26)/t19-/m1/s1. The third-order valence-electron chi connectivity index (χ3n) is 4.42. The summed E-state index contributed by atoms with van der Waals surface area (Å²) in [6.45, 7) is 3.72. The average Bonchev–Trinajstić information content (AvgIpc) is 3.00. The molecule has 2 aromatic carbocycles. The second kappa shape index (κ2) is 6.55. The number of carbonyl (C=O) groups excluding carboxylic acids is 1. The molecule has 0 radical (unpaired) electrons. The molecule has 1 atom stereocenters. The molecule has 1 aromatic heterocycles. The smallest absolute Gasteiger partial charge is 0.221 e. The van der Waals surface area contributed by atoms with Gasteiger partial charge in [-0.15, -0.1) is 10.2 Å². The maximum atomic E-state index is 12.1. The van der Waals surface area contributed by atoms with Crippen LogP contribution in [-0.2, 0) is 4.79 Å². The van der Waals surface area contributed by atoms with E-state index in [0.717, 1.165) is 28.4 Å². The van der Waals surface area contributed by atoms with Crippen LogP contribution in [0.1, 0.15) is 42.3 Å². The summed E-state index contributed by atoms with van der Waals surface area (Å²) in [5.41, 5.74) is 3.76. The minimum atomic E-state index is -0.591. The van der Waals surface area contributed by atoms with E-state index in [9.17, 15) is 4.79 Å². The fourth-order valence-electron chi connectivity index (χ4n) is 3.16. The summed E-state index contributed by atoms with van der Waals surface area (Å²) in [7, 11) is 0. The molecule has 6 nitrogen and oxygen atoms in total. The van der Waals surface area contributed by atoms with Crippen LogP contribution in [0.4, 0.5) is 0 Å². The van der Waals surface area contributed by atoms with Crippen molar-refractivity contribution in [2.45, 2.75) is 26.4 Å². The second-order valence-electron chi connectivity index (χ2n) is 6.13. The Labute approximate surface area is 151 Å². The number of rotatable bonds is 3. The van der Waals surface area contributed by atoms with Gasteiger partial charge in [-0.2, -0.15) is 0 Å². The van der Waals surface area contributed by atoms with Gasteiger partial charge in [0, 0.05) is 17.5 Å². The Hall–Kier alpha value is -3.28. The van der Waals surface area contributed by atoms with Crippen molar-refractivity contribution in [1.29, 1.82) is 0 Å². The normalized spacial score (nSPS) is 15.5. The second-order valence-corrected chi connectivity index (χ2v) is 6.13. The van der Waals surface area contributed by atoms with Crippen LogP contribution in [0.25, 0.3) is 5.69 Å². The van der Waals surface area contributed by atoms with Crippen molar-refractivity contribution in [3.05, 3.63) is 77.4 Å². The number of fused-ring (bicyclic) bond motifs is 3. The molecule has 1 aliphatic rings. The van der Waals surface area contributed by atoms with Gasteiger partial charge < -0.3 is 5.32 Å². The zero-order valence-electron chi connectivity index (χ0n) is 14.7. The molecule has 0 unspecified atom stereocenters. The Morgan fingerprint density at radius 2 is 1.81 bits per heavy atom. The van der Waals surface area contributed by atoms with E-state index in [1.807, 2.05) is 73.0 Å². The van der Waals surface area contributed by atoms with Crippen LogP contribution in [0.15, 0.2) is 59.6 Å². The highest BCUT2D eigenvalue weighted by Crippen LogP contribution is 2.29. The summed E-state index contributed by atoms with van der Waals surface area (Å²) >= 11 is 0. The van der Waals surface area contributed by atoms with Crippen LogP contribution in [0.3, 0.4) is 0 Å². The van der Waals surface area contributed by atoms with Crippen molar-refractivity contribution in [3.63, 3.8) is 0 Å². The SMILES string of the molecule is CCC(=O)N[C@@H]1N=C(c2ccccc2)c2ccccc2-n2c(C)nnc21. The van der Waals surface area contributed by atoms with Crippen molar-refractivity contribution < 1.29 is 4.79 Å². The summed E-state index contributed by atoms with van der Waals surface area (Å²) in [6, 6.07) is 18.0. The maximum Gasteiger partial charge on any atom is 0.221 e.